The van der Waals surface area contributed by atoms with Crippen molar-refractivity contribution in [3.05, 3.63) is 59.8 Å². The number of aromatic nitrogens is 1. The van der Waals surface area contributed by atoms with E-state index < -0.39 is 0 Å². The third-order valence-electron chi connectivity index (χ3n) is 3.26. The number of benzene rings is 2. The molecule has 3 rings (SSSR count). The zero-order chi connectivity index (χ0) is 13.2. The normalized spacial score (nSPS) is 10.8. The van der Waals surface area contributed by atoms with E-state index in [0.29, 0.717) is 12.2 Å². The average Bonchev–Trinajstić information content (AvgIpc) is 2.82. The summed E-state index contributed by atoms with van der Waals surface area (Å²) >= 11 is 0. The number of para-hydroxylation sites is 1. The Morgan fingerprint density at radius 3 is 2.74 bits per heavy atom. The fraction of sp³-hybridized carbons (Fsp3) is 0.125. The van der Waals surface area contributed by atoms with Gasteiger partial charge in [-0.05, 0) is 35.9 Å². The van der Waals surface area contributed by atoms with E-state index in [9.17, 15) is 5.11 Å². The van der Waals surface area contributed by atoms with Crippen LogP contribution in [-0.2, 0) is 6.42 Å². The molecule has 0 spiro atoms. The van der Waals surface area contributed by atoms with Crippen molar-refractivity contribution in [1.29, 1.82) is 0 Å². The van der Waals surface area contributed by atoms with Gasteiger partial charge in [-0.15, -0.1) is 0 Å². The van der Waals surface area contributed by atoms with Gasteiger partial charge in [0, 0.05) is 23.0 Å². The number of fused-ring (bicyclic) bond motifs is 1. The molecule has 1 aromatic heterocycles. The molecule has 2 N–H and O–H groups in total. The Bertz CT molecular complexity index is 716. The van der Waals surface area contributed by atoms with Crippen molar-refractivity contribution in [2.45, 2.75) is 6.42 Å². The van der Waals surface area contributed by atoms with Crippen LogP contribution in [0.3, 0.4) is 0 Å². The van der Waals surface area contributed by atoms with Gasteiger partial charge < -0.3 is 14.8 Å². The van der Waals surface area contributed by atoms with E-state index in [0.717, 1.165) is 27.9 Å². The van der Waals surface area contributed by atoms with Gasteiger partial charge in [-0.25, -0.2) is 0 Å². The van der Waals surface area contributed by atoms with E-state index >= 15 is 0 Å². The van der Waals surface area contributed by atoms with Crippen molar-refractivity contribution in [3.63, 3.8) is 0 Å². The van der Waals surface area contributed by atoms with E-state index in [1.807, 2.05) is 36.4 Å². The lowest BCUT2D eigenvalue weighted by Gasteiger charge is -2.01. The summed E-state index contributed by atoms with van der Waals surface area (Å²) in [4.78, 5) is 3.36. The summed E-state index contributed by atoms with van der Waals surface area (Å²) in [6.07, 6.45) is 0.684. The first-order valence-corrected chi connectivity index (χ1v) is 6.19. The Hall–Kier alpha value is -2.42. The quantitative estimate of drug-likeness (QED) is 0.750. The van der Waals surface area contributed by atoms with Crippen LogP contribution in [0.25, 0.3) is 10.9 Å². The van der Waals surface area contributed by atoms with Gasteiger partial charge in [-0.2, -0.15) is 0 Å². The summed E-state index contributed by atoms with van der Waals surface area (Å²) in [6.45, 7) is 0. The van der Waals surface area contributed by atoms with Gasteiger partial charge in [0.2, 0.25) is 0 Å². The molecule has 3 heteroatoms. The molecule has 0 atom stereocenters. The zero-order valence-electron chi connectivity index (χ0n) is 10.7. The highest BCUT2D eigenvalue weighted by atomic mass is 16.5. The van der Waals surface area contributed by atoms with Gasteiger partial charge in [-0.1, -0.05) is 18.2 Å². The number of hydrogen-bond donors (Lipinski definition) is 2. The Morgan fingerprint density at radius 1 is 1.11 bits per heavy atom. The van der Waals surface area contributed by atoms with Crippen molar-refractivity contribution in [2.75, 3.05) is 7.11 Å². The fourth-order valence-electron chi connectivity index (χ4n) is 2.26. The van der Waals surface area contributed by atoms with Gasteiger partial charge in [0.05, 0.1) is 7.11 Å². The molecule has 0 aliphatic heterocycles. The summed E-state index contributed by atoms with van der Waals surface area (Å²) in [5, 5.41) is 10.9. The average molecular weight is 253 g/mol. The third-order valence-corrected chi connectivity index (χ3v) is 3.26. The molecule has 0 aliphatic carbocycles. The van der Waals surface area contributed by atoms with Crippen LogP contribution < -0.4 is 4.74 Å². The minimum Gasteiger partial charge on any atom is -0.508 e. The topological polar surface area (TPSA) is 45.2 Å². The molecule has 0 radical (unpaired) electrons. The summed E-state index contributed by atoms with van der Waals surface area (Å²) in [6, 6.07) is 15.4. The Balaban J connectivity index is 1.95. The number of hydrogen-bond acceptors (Lipinski definition) is 2. The molecule has 0 aliphatic rings. The van der Waals surface area contributed by atoms with E-state index in [1.54, 1.807) is 13.2 Å². The Kier molecular flexibility index (Phi) is 2.88. The predicted octanol–water partition coefficient (Wildman–Crippen LogP) is 3.47. The molecule has 0 fully saturated rings. The van der Waals surface area contributed by atoms with Crippen molar-refractivity contribution in [1.82, 2.24) is 4.98 Å². The number of ether oxygens (including phenoxy) is 1. The second kappa shape index (κ2) is 4.69. The van der Waals surface area contributed by atoms with Crippen LogP contribution in [0.4, 0.5) is 0 Å². The number of aromatic amines is 1. The van der Waals surface area contributed by atoms with Crippen LogP contribution in [0, 0.1) is 0 Å². The summed E-state index contributed by atoms with van der Waals surface area (Å²) in [5.74, 6) is 1.18. The van der Waals surface area contributed by atoms with E-state index in [-0.39, 0.29) is 0 Å². The van der Waals surface area contributed by atoms with Crippen LogP contribution >= 0.6 is 0 Å². The second-order valence-corrected chi connectivity index (χ2v) is 4.55. The largest absolute Gasteiger partial charge is 0.508 e. The molecule has 0 bridgehead atoms. The van der Waals surface area contributed by atoms with Crippen molar-refractivity contribution < 1.29 is 9.84 Å². The molecule has 0 saturated carbocycles. The van der Waals surface area contributed by atoms with Gasteiger partial charge in [-0.3, -0.25) is 0 Å². The molecule has 3 aromatic rings. The highest BCUT2D eigenvalue weighted by molar-refractivity contribution is 5.82. The standard InChI is InChI=1S/C16H15NO2/c1-19-14-6-7-15-12(10-14)9-13(17-15)8-11-4-2-3-5-16(11)18/h2-7,9-10,17-18H,8H2,1H3. The highest BCUT2D eigenvalue weighted by Gasteiger charge is 2.05. The summed E-state index contributed by atoms with van der Waals surface area (Å²) < 4.78 is 5.22. The fourth-order valence-corrected chi connectivity index (χ4v) is 2.26. The monoisotopic (exact) mass is 253 g/mol. The molecular formula is C16H15NO2. The maximum Gasteiger partial charge on any atom is 0.119 e. The molecule has 0 amide bonds. The summed E-state index contributed by atoms with van der Waals surface area (Å²) in [7, 11) is 1.66. The van der Waals surface area contributed by atoms with Crippen molar-refractivity contribution in [3.8, 4) is 11.5 Å². The number of methoxy groups -OCH3 is 1. The van der Waals surface area contributed by atoms with Crippen molar-refractivity contribution in [2.24, 2.45) is 0 Å². The zero-order valence-corrected chi connectivity index (χ0v) is 10.7. The molecule has 19 heavy (non-hydrogen) atoms. The number of H-pyrrole nitrogens is 1. The first-order chi connectivity index (χ1) is 9.26. The first kappa shape index (κ1) is 11.7. The van der Waals surface area contributed by atoms with E-state index in [1.165, 1.54) is 0 Å². The minimum atomic E-state index is 0.332. The lowest BCUT2D eigenvalue weighted by Crippen LogP contribution is -1.88. The highest BCUT2D eigenvalue weighted by Crippen LogP contribution is 2.24. The second-order valence-electron chi connectivity index (χ2n) is 4.55. The van der Waals surface area contributed by atoms with Crippen LogP contribution in [0.15, 0.2) is 48.5 Å². The van der Waals surface area contributed by atoms with Gasteiger partial charge >= 0.3 is 0 Å². The number of nitrogens with one attached hydrogen (secondary N) is 1. The van der Waals surface area contributed by atoms with Gasteiger partial charge in [0.25, 0.3) is 0 Å². The molecule has 0 unspecified atom stereocenters. The molecule has 2 aromatic carbocycles. The number of aromatic hydroxyl groups is 1. The van der Waals surface area contributed by atoms with Crippen molar-refractivity contribution >= 4 is 10.9 Å². The maximum atomic E-state index is 9.79. The van der Waals surface area contributed by atoms with Gasteiger partial charge in [0.1, 0.15) is 11.5 Å². The third kappa shape index (κ3) is 2.27. The Labute approximate surface area is 111 Å². The number of phenolic OH excluding ortho intramolecular Hbond substituents is 1. The lowest BCUT2D eigenvalue weighted by molar-refractivity contribution is 0.415. The maximum absolute atomic E-state index is 9.79. The lowest BCUT2D eigenvalue weighted by atomic mass is 10.1. The SMILES string of the molecule is COc1ccc2[nH]c(Cc3ccccc3O)cc2c1. The molecule has 3 nitrogen and oxygen atoms in total. The van der Waals surface area contributed by atoms with E-state index in [4.69, 9.17) is 4.74 Å². The molecule has 0 saturated heterocycles. The minimum absolute atomic E-state index is 0.332. The smallest absolute Gasteiger partial charge is 0.119 e. The van der Waals surface area contributed by atoms with Crippen LogP contribution in [-0.4, -0.2) is 17.2 Å². The molecule has 96 valence electrons. The van der Waals surface area contributed by atoms with E-state index in [2.05, 4.69) is 11.1 Å². The predicted molar refractivity (Wildman–Crippen MR) is 75.8 cm³/mol. The number of rotatable bonds is 3. The summed E-state index contributed by atoms with van der Waals surface area (Å²) in [5.41, 5.74) is 3.07. The van der Waals surface area contributed by atoms with Crippen LogP contribution in [0.5, 0.6) is 11.5 Å². The number of phenols is 1. The Morgan fingerprint density at radius 2 is 1.95 bits per heavy atom. The molecule has 1 heterocycles. The first-order valence-electron chi connectivity index (χ1n) is 6.19. The van der Waals surface area contributed by atoms with Crippen LogP contribution in [0.1, 0.15) is 11.3 Å². The van der Waals surface area contributed by atoms with Gasteiger partial charge in [0.15, 0.2) is 0 Å². The van der Waals surface area contributed by atoms with Crippen LogP contribution in [0.2, 0.25) is 0 Å². The molecular weight excluding hydrogens is 238 g/mol.